The van der Waals surface area contributed by atoms with Crippen molar-refractivity contribution in [3.8, 4) is 34.7 Å². The predicted molar refractivity (Wildman–Crippen MR) is 155 cm³/mol. The number of nitro groups is 1. The summed E-state index contributed by atoms with van der Waals surface area (Å²) in [5.74, 6) is 2.10. The second-order valence-corrected chi connectivity index (χ2v) is 10.2. The van der Waals surface area contributed by atoms with Gasteiger partial charge in [0.1, 0.15) is 29.7 Å². The fraction of sp³-hybridized carbons (Fsp3) is 0.0370. The largest absolute Gasteiger partial charge is 0.487 e. The van der Waals surface area contributed by atoms with E-state index in [0.717, 1.165) is 18.3 Å². The quantitative estimate of drug-likeness (QED) is 0.0683. The van der Waals surface area contributed by atoms with Gasteiger partial charge in [-0.2, -0.15) is 5.26 Å². The molecule has 0 atom stereocenters. The number of rotatable bonds is 8. The van der Waals surface area contributed by atoms with E-state index in [9.17, 15) is 15.4 Å². The monoisotopic (exact) mass is 731 g/mol. The van der Waals surface area contributed by atoms with Crippen molar-refractivity contribution >= 4 is 63.0 Å². The Labute approximate surface area is 243 Å². The lowest BCUT2D eigenvalue weighted by molar-refractivity contribution is -0.384. The van der Waals surface area contributed by atoms with Crippen molar-refractivity contribution in [1.29, 1.82) is 5.26 Å². The molecule has 11 heteroatoms. The molecule has 38 heavy (non-hydrogen) atoms. The summed E-state index contributed by atoms with van der Waals surface area (Å²) < 4.78 is 24.7. The number of aliphatic imine (C=N–C) groups is 1. The lowest BCUT2D eigenvalue weighted by Gasteiger charge is -2.11. The minimum Gasteiger partial charge on any atom is -0.487 e. The summed E-state index contributed by atoms with van der Waals surface area (Å²) in [5, 5.41) is 20.8. The third-order valence-electron chi connectivity index (χ3n) is 5.40. The zero-order valence-corrected chi connectivity index (χ0v) is 23.6. The third-order valence-corrected chi connectivity index (χ3v) is 7.00. The number of nitro benzene ring substituents is 1. The summed E-state index contributed by atoms with van der Waals surface area (Å²) >= 11 is 4.36. The van der Waals surface area contributed by atoms with E-state index in [-0.39, 0.29) is 23.7 Å². The van der Waals surface area contributed by atoms with E-state index in [0.29, 0.717) is 28.6 Å². The van der Waals surface area contributed by atoms with E-state index in [1.807, 2.05) is 12.1 Å². The van der Waals surface area contributed by atoms with Crippen LogP contribution in [0.15, 0.2) is 91.4 Å². The Hall–Kier alpha value is -3.90. The van der Waals surface area contributed by atoms with Gasteiger partial charge in [-0.05, 0) is 105 Å². The van der Waals surface area contributed by atoms with Crippen LogP contribution in [0.25, 0.3) is 22.8 Å². The van der Waals surface area contributed by atoms with Crippen molar-refractivity contribution < 1.29 is 22.9 Å². The second kappa shape index (κ2) is 11.2. The fourth-order valence-corrected chi connectivity index (χ4v) is 5.77. The van der Waals surface area contributed by atoms with Crippen LogP contribution in [0.4, 0.5) is 11.6 Å². The van der Waals surface area contributed by atoms with E-state index in [1.165, 1.54) is 24.7 Å². The molecule has 0 unspecified atom stereocenters. The molecule has 5 rings (SSSR count). The number of ether oxygens (including phenoxy) is 1. The maximum absolute atomic E-state index is 10.8. The molecule has 0 spiro atoms. The van der Waals surface area contributed by atoms with Crippen LogP contribution in [0.5, 0.6) is 5.75 Å². The summed E-state index contributed by atoms with van der Waals surface area (Å²) in [5.41, 5.74) is 2.33. The number of hydrogen-bond donors (Lipinski definition) is 0. The predicted octanol–water partition coefficient (Wildman–Crippen LogP) is 8.12. The van der Waals surface area contributed by atoms with Crippen molar-refractivity contribution in [1.82, 2.24) is 0 Å². The van der Waals surface area contributed by atoms with E-state index >= 15 is 0 Å². The highest BCUT2D eigenvalue weighted by atomic mass is 127. The molecule has 0 aliphatic heterocycles. The molecule has 5 aromatic rings. The van der Waals surface area contributed by atoms with Crippen LogP contribution in [-0.4, -0.2) is 11.1 Å². The standard InChI is InChI=1S/C27H15I2N3O6/c28-20-11-17(12-21(29)25(20)37-15-16-5-7-18(8-6-16)32(33)34)14-31-27-19(13-30)24(22-3-1-9-35-22)26(38-27)23-4-2-10-36-23/h1-12,14H,15H2. The number of nitrogens with zero attached hydrogens (tertiary/aromatic N) is 3. The summed E-state index contributed by atoms with van der Waals surface area (Å²) in [6, 6.07) is 19.1. The number of hydrogen-bond acceptors (Lipinski definition) is 8. The number of non-ortho nitro benzene ring substituents is 1. The van der Waals surface area contributed by atoms with Crippen LogP contribution in [0, 0.1) is 28.6 Å². The normalized spacial score (nSPS) is 11.1. The summed E-state index contributed by atoms with van der Waals surface area (Å²) in [6.45, 7) is 0.264. The summed E-state index contributed by atoms with van der Waals surface area (Å²) in [6.07, 6.45) is 4.66. The van der Waals surface area contributed by atoms with Gasteiger partial charge in [-0.25, -0.2) is 4.99 Å². The Morgan fingerprint density at radius 2 is 1.68 bits per heavy atom. The van der Waals surface area contributed by atoms with Crippen molar-refractivity contribution in [2.75, 3.05) is 0 Å². The highest BCUT2D eigenvalue weighted by Gasteiger charge is 2.26. The van der Waals surface area contributed by atoms with Gasteiger partial charge in [-0.15, -0.1) is 0 Å². The second-order valence-electron chi connectivity index (χ2n) is 7.84. The molecule has 2 aromatic carbocycles. The third kappa shape index (κ3) is 5.36. The minimum absolute atomic E-state index is 0.0326. The van der Waals surface area contributed by atoms with E-state index in [1.54, 1.807) is 42.6 Å². The van der Waals surface area contributed by atoms with Crippen molar-refractivity contribution in [2.45, 2.75) is 6.61 Å². The highest BCUT2D eigenvalue weighted by Crippen LogP contribution is 2.43. The average Bonchev–Trinajstić information content (AvgIpc) is 3.68. The molecule has 3 aromatic heterocycles. The number of benzene rings is 2. The van der Waals surface area contributed by atoms with Gasteiger partial charge in [0.25, 0.3) is 5.69 Å². The van der Waals surface area contributed by atoms with Gasteiger partial charge >= 0.3 is 0 Å². The maximum Gasteiger partial charge on any atom is 0.269 e. The first-order valence-corrected chi connectivity index (χ1v) is 13.1. The van der Waals surface area contributed by atoms with Crippen LogP contribution in [0.1, 0.15) is 16.7 Å². The van der Waals surface area contributed by atoms with E-state index in [2.05, 4.69) is 56.2 Å². The molecule has 0 aliphatic rings. The molecule has 0 saturated heterocycles. The minimum atomic E-state index is -0.436. The Bertz CT molecular complexity index is 1640. The van der Waals surface area contributed by atoms with Gasteiger partial charge in [-0.3, -0.25) is 10.1 Å². The molecule has 0 radical (unpaired) electrons. The van der Waals surface area contributed by atoms with Crippen LogP contribution in [-0.2, 0) is 6.61 Å². The first-order chi connectivity index (χ1) is 18.4. The van der Waals surface area contributed by atoms with Crippen LogP contribution < -0.4 is 4.74 Å². The molecule has 0 amide bonds. The number of nitriles is 1. The molecule has 0 bridgehead atoms. The SMILES string of the molecule is N#Cc1c(N=Cc2cc(I)c(OCc3ccc([N+](=O)[O-])cc3)c(I)c2)oc(-c2ccco2)c1-c1ccco1. The molecule has 188 valence electrons. The van der Waals surface area contributed by atoms with Crippen LogP contribution >= 0.6 is 45.2 Å². The van der Waals surface area contributed by atoms with E-state index in [4.69, 9.17) is 18.0 Å². The van der Waals surface area contributed by atoms with Crippen LogP contribution in [0.2, 0.25) is 0 Å². The van der Waals surface area contributed by atoms with Crippen LogP contribution in [0.3, 0.4) is 0 Å². The van der Waals surface area contributed by atoms with Gasteiger partial charge in [0.15, 0.2) is 11.5 Å². The molecule has 9 nitrogen and oxygen atoms in total. The topological polar surface area (TPSA) is 128 Å². The van der Waals surface area contributed by atoms with Gasteiger partial charge < -0.3 is 18.0 Å². The molecular weight excluding hydrogens is 716 g/mol. The molecule has 0 aliphatic carbocycles. The highest BCUT2D eigenvalue weighted by molar-refractivity contribution is 14.1. The average molecular weight is 731 g/mol. The molecular formula is C27H15I2N3O6. The molecule has 0 N–H and O–H groups in total. The van der Waals surface area contributed by atoms with Crippen molar-refractivity contribution in [2.24, 2.45) is 4.99 Å². The van der Waals surface area contributed by atoms with Crippen molar-refractivity contribution in [3.63, 3.8) is 0 Å². The Morgan fingerprint density at radius 3 is 2.26 bits per heavy atom. The zero-order chi connectivity index (χ0) is 26.6. The molecule has 0 fully saturated rings. The first kappa shape index (κ1) is 25.7. The lowest BCUT2D eigenvalue weighted by Crippen LogP contribution is -2.00. The van der Waals surface area contributed by atoms with Gasteiger partial charge in [0.2, 0.25) is 5.88 Å². The van der Waals surface area contributed by atoms with Gasteiger partial charge in [0, 0.05) is 18.3 Å². The molecule has 0 saturated carbocycles. The van der Waals surface area contributed by atoms with E-state index < -0.39 is 4.92 Å². The molecule has 3 heterocycles. The lowest BCUT2D eigenvalue weighted by atomic mass is 10.1. The van der Waals surface area contributed by atoms with Gasteiger partial charge in [0.05, 0.1) is 30.2 Å². The smallest absolute Gasteiger partial charge is 0.269 e. The zero-order valence-electron chi connectivity index (χ0n) is 19.3. The Kier molecular flexibility index (Phi) is 7.61. The Morgan fingerprint density at radius 1 is 1.03 bits per heavy atom. The van der Waals surface area contributed by atoms with Gasteiger partial charge in [-0.1, -0.05) is 0 Å². The first-order valence-electron chi connectivity index (χ1n) is 11.0. The summed E-state index contributed by atoms with van der Waals surface area (Å²) in [4.78, 5) is 14.9. The Balaban J connectivity index is 1.41. The number of furan rings is 3. The number of halogens is 2. The summed E-state index contributed by atoms with van der Waals surface area (Å²) in [7, 11) is 0. The maximum atomic E-state index is 10.8. The van der Waals surface area contributed by atoms with Crippen molar-refractivity contribution in [3.05, 3.63) is 107 Å². The fourth-order valence-electron chi connectivity index (χ4n) is 3.65.